The zero-order chi connectivity index (χ0) is 48.0. The van der Waals surface area contributed by atoms with Crippen molar-refractivity contribution in [3.63, 3.8) is 0 Å². The van der Waals surface area contributed by atoms with Crippen molar-refractivity contribution in [2.45, 2.75) is 177 Å². The van der Waals surface area contributed by atoms with Gasteiger partial charge in [0.05, 0.1) is 29.2 Å². The Hall–Kier alpha value is -2.94. The molecule has 3 saturated carbocycles. The van der Waals surface area contributed by atoms with Gasteiger partial charge < -0.3 is 56.7 Å². The van der Waals surface area contributed by atoms with Gasteiger partial charge in [0.2, 0.25) is 0 Å². The molecular weight excluding hydrogens is 911 g/mol. The number of rotatable bonds is 2. The molecule has 9 aliphatic rings. The molecular formula is C54H77N5O8S2. The molecule has 1 aromatic rings. The third-order valence-corrected chi connectivity index (χ3v) is 21.4. The van der Waals surface area contributed by atoms with Gasteiger partial charge in [0, 0.05) is 72.7 Å². The molecule has 15 heteroatoms. The normalized spacial score (nSPS) is 41.1. The first-order valence-electron chi connectivity index (χ1n) is 26.4. The third-order valence-electron chi connectivity index (χ3n) is 18.9. The monoisotopic (exact) mass is 988 g/mol. The highest BCUT2D eigenvalue weighted by molar-refractivity contribution is 8.76. The third kappa shape index (κ3) is 9.61. The van der Waals surface area contributed by atoms with E-state index < -0.39 is 53.9 Å². The second-order valence-electron chi connectivity index (χ2n) is 22.8. The van der Waals surface area contributed by atoms with Gasteiger partial charge in [-0.25, -0.2) is 4.99 Å². The van der Waals surface area contributed by atoms with Gasteiger partial charge in [0.1, 0.15) is 12.2 Å². The van der Waals surface area contributed by atoms with Crippen molar-refractivity contribution in [1.82, 2.24) is 16.0 Å². The fourth-order valence-corrected chi connectivity index (χ4v) is 18.1. The molecule has 10 rings (SSSR count). The summed E-state index contributed by atoms with van der Waals surface area (Å²) in [7, 11) is 3.92. The lowest BCUT2D eigenvalue weighted by Crippen LogP contribution is -2.70. The number of nitrogens with zero attached hydrogens (tertiary/aromatic N) is 1. The molecule has 69 heavy (non-hydrogen) atoms. The van der Waals surface area contributed by atoms with E-state index in [0.29, 0.717) is 49.0 Å². The number of nitrogens with two attached hydrogens (primary N) is 1. The van der Waals surface area contributed by atoms with Crippen LogP contribution in [0.4, 0.5) is 0 Å². The Balaban J connectivity index is 1.12. The van der Waals surface area contributed by atoms with Crippen LogP contribution in [0.2, 0.25) is 0 Å². The van der Waals surface area contributed by atoms with Gasteiger partial charge in [-0.05, 0) is 125 Å². The van der Waals surface area contributed by atoms with Gasteiger partial charge >= 0.3 is 5.97 Å². The van der Waals surface area contributed by atoms with Gasteiger partial charge in [-0.3, -0.25) is 4.79 Å². The topological polar surface area (TPSA) is 211 Å². The Morgan fingerprint density at radius 3 is 2.62 bits per heavy atom. The number of aromatic hydroxyl groups is 1. The number of ether oxygens (including phenoxy) is 2. The van der Waals surface area contributed by atoms with Gasteiger partial charge in [-0.1, -0.05) is 83.4 Å². The molecule has 10 N–H and O–H groups in total. The Labute approximate surface area is 416 Å². The summed E-state index contributed by atoms with van der Waals surface area (Å²) in [5.41, 5.74) is 6.55. The Morgan fingerprint density at radius 1 is 0.971 bits per heavy atom. The summed E-state index contributed by atoms with van der Waals surface area (Å²) in [6.45, 7) is 3.65. The maximum atomic E-state index is 13.0. The highest BCUT2D eigenvalue weighted by Crippen LogP contribution is 2.69. The van der Waals surface area contributed by atoms with Crippen molar-refractivity contribution in [1.29, 1.82) is 0 Å². The highest BCUT2D eigenvalue weighted by atomic mass is 33.1. The predicted molar refractivity (Wildman–Crippen MR) is 271 cm³/mol. The molecule has 13 unspecified atom stereocenters. The van der Waals surface area contributed by atoms with Crippen LogP contribution in [-0.4, -0.2) is 110 Å². The predicted octanol–water partition coefficient (Wildman–Crippen LogP) is 6.31. The van der Waals surface area contributed by atoms with Crippen molar-refractivity contribution in [3.05, 3.63) is 47.6 Å². The number of guanidine groups is 1. The fraction of sp³-hybridized carbons (Fsp3) is 0.741. The van der Waals surface area contributed by atoms with E-state index in [-0.39, 0.29) is 64.3 Å². The molecule has 3 heterocycles. The van der Waals surface area contributed by atoms with E-state index in [1.807, 2.05) is 27.7 Å². The molecule has 5 spiro atoms. The molecule has 6 aliphatic carbocycles. The maximum Gasteiger partial charge on any atom is 0.302 e. The number of phenols is 1. The summed E-state index contributed by atoms with van der Waals surface area (Å²) < 4.78 is 12.9. The number of esters is 1. The maximum absolute atomic E-state index is 13.0. The summed E-state index contributed by atoms with van der Waals surface area (Å²) in [5, 5.41) is 69.3. The van der Waals surface area contributed by atoms with E-state index in [1.165, 1.54) is 51.5 Å². The molecule has 4 fully saturated rings. The number of benzene rings is 1. The van der Waals surface area contributed by atoms with Crippen LogP contribution in [0.1, 0.15) is 140 Å². The number of aliphatic hydroxyl groups excluding tert-OH is 3. The number of fused-ring (bicyclic) bond motifs is 8. The van der Waals surface area contributed by atoms with E-state index >= 15 is 0 Å². The number of allylic oxidation sites excluding steroid dienone is 2. The molecule has 0 aromatic heterocycles. The van der Waals surface area contributed by atoms with Crippen LogP contribution < -0.4 is 26.4 Å². The summed E-state index contributed by atoms with van der Waals surface area (Å²) >= 11 is 0. The highest BCUT2D eigenvalue weighted by Gasteiger charge is 2.66. The number of carbonyl (C=O) groups excluding carboxylic acids is 1. The number of aliphatic hydroxyl groups is 4. The summed E-state index contributed by atoms with van der Waals surface area (Å²) in [6.07, 6.45) is 20.2. The van der Waals surface area contributed by atoms with Gasteiger partial charge in [0.15, 0.2) is 23.7 Å². The van der Waals surface area contributed by atoms with E-state index in [2.05, 4.69) is 46.0 Å². The first-order chi connectivity index (χ1) is 33.3. The number of piperidine rings is 1. The molecule has 8 bridgehead atoms. The number of nitrogens with one attached hydrogen (secondary N) is 3. The van der Waals surface area contributed by atoms with Crippen LogP contribution in [0.25, 0.3) is 0 Å². The van der Waals surface area contributed by atoms with E-state index in [9.17, 15) is 30.3 Å². The van der Waals surface area contributed by atoms with Crippen molar-refractivity contribution in [2.75, 3.05) is 31.1 Å². The van der Waals surface area contributed by atoms with Gasteiger partial charge in [-0.15, -0.1) is 0 Å². The zero-order valence-electron chi connectivity index (χ0n) is 40.5. The SMILES string of the molecule is CC(=O)OC1CC(O)CCC23C#CC4CCCC5(CNCCSSCC6(CC78CCCC7C=CC(C8)C67CCCC7)NC(N)=NC2C=CCC3O)CC(CCN5)Oc2cc(c(C(O)O)cc2O)CC41. The molecule has 1 saturated heterocycles. The van der Waals surface area contributed by atoms with E-state index in [0.717, 1.165) is 69.7 Å². The minimum Gasteiger partial charge on any atom is -0.504 e. The van der Waals surface area contributed by atoms with Crippen LogP contribution in [-0.2, 0) is 16.0 Å². The standard InChI is InChI=1S/C54H77N5O8S2/c1-34(60)66-44-27-39(61)14-21-52-20-13-35-7-5-17-51(30-40(15-22-57-51)67-45-26-36(25-41(35)44)42(48(64)65)28-43(45)62)32-56-23-24-68-69-33-54(59-49(55)58-46(52)9-4-10-47(52)63)31-50-16-6-8-37(50)11-12-38(29-50)53(54)18-2-3-19-53/h4,9,11-12,26,28,35,37-41,44,46-48,56-57,61-65H,2-3,5-8,10,14-19,21-25,27,29-33H2,1H3,(H3,55,58,59). The van der Waals surface area contributed by atoms with Crippen LogP contribution in [0.15, 0.2) is 41.4 Å². The summed E-state index contributed by atoms with van der Waals surface area (Å²) in [4.78, 5) is 18.4. The van der Waals surface area contributed by atoms with E-state index in [1.54, 1.807) is 6.07 Å². The lowest BCUT2D eigenvalue weighted by molar-refractivity contribution is -0.152. The minimum absolute atomic E-state index is 0.0367. The Kier molecular flexibility index (Phi) is 14.5. The average Bonchev–Trinajstić information content (AvgIpc) is 3.97. The molecule has 0 radical (unpaired) electrons. The van der Waals surface area contributed by atoms with Crippen LogP contribution in [0.5, 0.6) is 11.5 Å². The number of hydrogen-bond acceptors (Lipinski definition) is 15. The number of hydrogen-bond donors (Lipinski definition) is 9. The average molecular weight is 988 g/mol. The quantitative estimate of drug-likeness (QED) is 0.0523. The van der Waals surface area contributed by atoms with Crippen molar-refractivity contribution in [2.24, 2.45) is 50.6 Å². The number of phenolic OH excluding ortho intramolecular Hbond substituents is 1. The summed E-state index contributed by atoms with van der Waals surface area (Å²) in [5.74, 6) is 9.40. The number of carbonyl (C=O) groups is 1. The zero-order valence-corrected chi connectivity index (χ0v) is 42.1. The first-order valence-corrected chi connectivity index (χ1v) is 28.9. The number of aliphatic imine (C=N–C) groups is 1. The Bertz CT molecular complexity index is 2210. The van der Waals surface area contributed by atoms with Crippen LogP contribution >= 0.6 is 21.6 Å². The second kappa shape index (κ2) is 20.2. The van der Waals surface area contributed by atoms with E-state index in [4.69, 9.17) is 20.2 Å². The minimum atomic E-state index is -1.90. The molecule has 3 aliphatic heterocycles. The lowest BCUT2D eigenvalue weighted by atomic mass is 9.45. The van der Waals surface area contributed by atoms with Gasteiger partial charge in [0.25, 0.3) is 0 Å². The Morgan fingerprint density at radius 2 is 1.80 bits per heavy atom. The molecule has 1 aromatic carbocycles. The van der Waals surface area contributed by atoms with Crippen molar-refractivity contribution >= 4 is 33.5 Å². The largest absolute Gasteiger partial charge is 0.504 e. The van der Waals surface area contributed by atoms with Crippen molar-refractivity contribution < 1.29 is 39.8 Å². The molecule has 378 valence electrons. The smallest absolute Gasteiger partial charge is 0.302 e. The molecule has 13 nitrogen and oxygen atoms in total. The lowest BCUT2D eigenvalue weighted by Gasteiger charge is -2.63. The second-order valence-corrected chi connectivity index (χ2v) is 25.4. The fourth-order valence-electron chi connectivity index (χ4n) is 15.6. The molecule has 0 amide bonds. The van der Waals surface area contributed by atoms with Crippen molar-refractivity contribution in [3.8, 4) is 23.3 Å². The summed E-state index contributed by atoms with van der Waals surface area (Å²) in [6, 6.07) is 2.46. The van der Waals surface area contributed by atoms with Crippen LogP contribution in [0.3, 0.4) is 0 Å². The molecule has 13 atom stereocenters. The van der Waals surface area contributed by atoms with Gasteiger partial charge in [-0.2, -0.15) is 0 Å². The first kappa shape index (κ1) is 49.6. The van der Waals surface area contributed by atoms with Crippen LogP contribution in [0, 0.1) is 51.8 Å².